The minimum Gasteiger partial charge on any atom is -0.310 e. The third kappa shape index (κ3) is 4.40. The molecule has 8 aromatic rings. The number of aromatic nitrogens is 1. The second kappa shape index (κ2) is 10.9. The molecule has 0 spiro atoms. The highest BCUT2D eigenvalue weighted by Crippen LogP contribution is 2.49. The van der Waals surface area contributed by atoms with Gasteiger partial charge in [0.2, 0.25) is 0 Å². The lowest BCUT2D eigenvalue weighted by Crippen LogP contribution is -2.11. The predicted octanol–water partition coefficient (Wildman–Crippen LogP) is 12.4. The van der Waals surface area contributed by atoms with Crippen molar-refractivity contribution in [3.8, 4) is 27.9 Å². The first-order valence-electron chi connectivity index (χ1n) is 16.4. The van der Waals surface area contributed by atoms with Gasteiger partial charge in [-0.1, -0.05) is 104 Å². The maximum absolute atomic E-state index is 2.41. The molecule has 7 aromatic carbocycles. The molecule has 1 heterocycles. The molecule has 0 saturated heterocycles. The average Bonchev–Trinajstić information content (AvgIpc) is 3.61. The van der Waals surface area contributed by atoms with Gasteiger partial charge in [-0.15, -0.1) is 0 Å². The summed E-state index contributed by atoms with van der Waals surface area (Å²) in [5.74, 6) is 0.364. The molecule has 1 aliphatic carbocycles. The van der Waals surface area contributed by atoms with Crippen LogP contribution in [0.4, 0.5) is 17.1 Å². The van der Waals surface area contributed by atoms with Gasteiger partial charge in [-0.05, 0) is 113 Å². The molecule has 0 fully saturated rings. The number of hydrogen-bond donors (Lipinski definition) is 0. The molecule has 1 aliphatic rings. The fourth-order valence-electron chi connectivity index (χ4n) is 7.74. The fraction of sp³-hybridized carbons (Fsp3) is 0.0667. The lowest BCUT2D eigenvalue weighted by atomic mass is 9.96. The molecule has 2 nitrogen and oxygen atoms in total. The van der Waals surface area contributed by atoms with Crippen molar-refractivity contribution >= 4 is 38.9 Å². The van der Waals surface area contributed by atoms with Crippen LogP contribution in [0.25, 0.3) is 49.7 Å². The zero-order chi connectivity index (χ0) is 31.5. The summed E-state index contributed by atoms with van der Waals surface area (Å²) in [6.45, 7) is 4.60. The Morgan fingerprint density at radius 2 is 1.13 bits per heavy atom. The number of anilines is 3. The van der Waals surface area contributed by atoms with Crippen molar-refractivity contribution in [2.45, 2.75) is 19.8 Å². The summed E-state index contributed by atoms with van der Waals surface area (Å²) in [6.07, 6.45) is 0. The minimum atomic E-state index is 0.364. The van der Waals surface area contributed by atoms with Crippen LogP contribution < -0.4 is 4.90 Å². The van der Waals surface area contributed by atoms with E-state index in [9.17, 15) is 0 Å². The van der Waals surface area contributed by atoms with Crippen LogP contribution in [0.3, 0.4) is 0 Å². The van der Waals surface area contributed by atoms with Crippen LogP contribution in [0.15, 0.2) is 164 Å². The quantitative estimate of drug-likeness (QED) is 0.190. The maximum atomic E-state index is 2.41. The molecule has 0 amide bonds. The van der Waals surface area contributed by atoms with Gasteiger partial charge in [0.1, 0.15) is 0 Å². The molecule has 224 valence electrons. The number of aryl methyl sites for hydroxylation is 1. The van der Waals surface area contributed by atoms with Gasteiger partial charge < -0.3 is 9.47 Å². The number of rotatable bonds is 5. The Bertz CT molecular complexity index is 2420. The van der Waals surface area contributed by atoms with Crippen LogP contribution >= 0.6 is 0 Å². The summed E-state index contributed by atoms with van der Waals surface area (Å²) in [7, 11) is 0. The van der Waals surface area contributed by atoms with Crippen LogP contribution in [0.1, 0.15) is 29.5 Å². The van der Waals surface area contributed by atoms with Gasteiger partial charge in [0.05, 0.1) is 11.0 Å². The molecule has 1 aromatic heterocycles. The first kappa shape index (κ1) is 27.5. The summed E-state index contributed by atoms with van der Waals surface area (Å²) >= 11 is 0. The molecule has 1 unspecified atom stereocenters. The molecule has 0 radical (unpaired) electrons. The smallest absolute Gasteiger partial charge is 0.0541 e. The molecule has 0 N–H and O–H groups in total. The van der Waals surface area contributed by atoms with E-state index in [0.29, 0.717) is 5.92 Å². The second-order valence-corrected chi connectivity index (χ2v) is 12.7. The topological polar surface area (TPSA) is 8.17 Å². The molecule has 1 atom stereocenters. The molecule has 0 aliphatic heterocycles. The van der Waals surface area contributed by atoms with E-state index in [1.165, 1.54) is 72.1 Å². The summed E-state index contributed by atoms with van der Waals surface area (Å²) in [5.41, 5.74) is 16.4. The zero-order valence-corrected chi connectivity index (χ0v) is 26.6. The molecule has 2 heteroatoms. The van der Waals surface area contributed by atoms with E-state index in [1.807, 2.05) is 0 Å². The Balaban J connectivity index is 1.14. The average molecular weight is 603 g/mol. The monoisotopic (exact) mass is 602 g/mol. The van der Waals surface area contributed by atoms with E-state index in [1.54, 1.807) is 0 Å². The van der Waals surface area contributed by atoms with Gasteiger partial charge in [-0.25, -0.2) is 0 Å². The van der Waals surface area contributed by atoms with Crippen LogP contribution in [-0.4, -0.2) is 4.57 Å². The first-order valence-corrected chi connectivity index (χ1v) is 16.4. The largest absolute Gasteiger partial charge is 0.310 e. The zero-order valence-electron chi connectivity index (χ0n) is 26.6. The summed E-state index contributed by atoms with van der Waals surface area (Å²) in [5, 5.41) is 2.53. The third-order valence-electron chi connectivity index (χ3n) is 9.93. The number of hydrogen-bond acceptors (Lipinski definition) is 1. The highest BCUT2D eigenvalue weighted by atomic mass is 15.1. The van der Waals surface area contributed by atoms with Crippen molar-refractivity contribution in [1.29, 1.82) is 0 Å². The van der Waals surface area contributed by atoms with Crippen molar-refractivity contribution in [3.05, 3.63) is 180 Å². The van der Waals surface area contributed by atoms with Gasteiger partial charge in [-0.2, -0.15) is 0 Å². The van der Waals surface area contributed by atoms with E-state index in [-0.39, 0.29) is 0 Å². The number of benzene rings is 7. The van der Waals surface area contributed by atoms with Crippen molar-refractivity contribution in [2.24, 2.45) is 0 Å². The third-order valence-corrected chi connectivity index (χ3v) is 9.93. The highest BCUT2D eigenvalue weighted by Gasteiger charge is 2.28. The normalized spacial score (nSPS) is 13.5. The number of nitrogens with zero attached hydrogens (tertiary/aromatic N) is 2. The Morgan fingerprint density at radius 3 is 1.94 bits per heavy atom. The molecule has 0 saturated carbocycles. The fourth-order valence-corrected chi connectivity index (χ4v) is 7.74. The Hall–Kier alpha value is -5.86. The number of para-hydroxylation sites is 3. The van der Waals surface area contributed by atoms with E-state index in [2.05, 4.69) is 187 Å². The van der Waals surface area contributed by atoms with Gasteiger partial charge >= 0.3 is 0 Å². The predicted molar refractivity (Wildman–Crippen MR) is 199 cm³/mol. The summed E-state index contributed by atoms with van der Waals surface area (Å²) < 4.78 is 2.37. The van der Waals surface area contributed by atoms with Crippen LogP contribution in [-0.2, 0) is 0 Å². The maximum Gasteiger partial charge on any atom is 0.0541 e. The molecule has 0 bridgehead atoms. The standard InChI is InChI=1S/C45H34N2/c1-30-27-37(29-41-31(2)38-17-9-10-19-40(38)45(30)41)46(34-13-5-3-6-14-34)36-24-21-32(22-25-36)33-23-26-44-42(28-33)39-18-11-12-20-43(39)47(44)35-15-7-4-8-16-35/h3-29,31H,1-2H3. The molecule has 47 heavy (non-hydrogen) atoms. The highest BCUT2D eigenvalue weighted by molar-refractivity contribution is 6.10. The minimum absolute atomic E-state index is 0.364. The van der Waals surface area contributed by atoms with Crippen molar-refractivity contribution in [3.63, 3.8) is 0 Å². The van der Waals surface area contributed by atoms with Crippen LogP contribution in [0.5, 0.6) is 0 Å². The van der Waals surface area contributed by atoms with E-state index < -0.39 is 0 Å². The molecule has 9 rings (SSSR count). The number of fused-ring (bicyclic) bond motifs is 6. The van der Waals surface area contributed by atoms with Crippen LogP contribution in [0, 0.1) is 6.92 Å². The van der Waals surface area contributed by atoms with E-state index in [0.717, 1.165) is 11.4 Å². The van der Waals surface area contributed by atoms with Crippen molar-refractivity contribution < 1.29 is 0 Å². The van der Waals surface area contributed by atoms with E-state index in [4.69, 9.17) is 0 Å². The molecular weight excluding hydrogens is 569 g/mol. The van der Waals surface area contributed by atoms with Crippen molar-refractivity contribution in [2.75, 3.05) is 4.90 Å². The lowest BCUT2D eigenvalue weighted by Gasteiger charge is -2.27. The second-order valence-electron chi connectivity index (χ2n) is 12.7. The molecular formula is C45H34N2. The Kier molecular flexibility index (Phi) is 6.36. The Labute approximate surface area is 275 Å². The lowest BCUT2D eigenvalue weighted by molar-refractivity contribution is 0.955. The van der Waals surface area contributed by atoms with Crippen molar-refractivity contribution in [1.82, 2.24) is 4.57 Å². The van der Waals surface area contributed by atoms with Crippen LogP contribution in [0.2, 0.25) is 0 Å². The summed E-state index contributed by atoms with van der Waals surface area (Å²) in [6, 6.07) is 59.7. The van der Waals surface area contributed by atoms with Gasteiger partial charge in [0.15, 0.2) is 0 Å². The van der Waals surface area contributed by atoms with Gasteiger partial charge in [0, 0.05) is 39.4 Å². The van der Waals surface area contributed by atoms with Gasteiger partial charge in [0.25, 0.3) is 0 Å². The SMILES string of the molecule is Cc1cc(N(c2ccccc2)c2ccc(-c3ccc4c(c3)c3ccccc3n4-c3ccccc3)cc2)cc2c1-c1ccccc1C2C. The van der Waals surface area contributed by atoms with E-state index >= 15 is 0 Å². The Morgan fingerprint density at radius 1 is 0.489 bits per heavy atom. The summed E-state index contributed by atoms with van der Waals surface area (Å²) in [4.78, 5) is 2.39. The van der Waals surface area contributed by atoms with Gasteiger partial charge in [-0.3, -0.25) is 0 Å². The first-order chi connectivity index (χ1) is 23.2.